The highest BCUT2D eigenvalue weighted by Gasteiger charge is 2.06. The van der Waals surface area contributed by atoms with Crippen LogP contribution >= 0.6 is 0 Å². The third kappa shape index (κ3) is 18.4. The van der Waals surface area contributed by atoms with E-state index in [1.54, 1.807) is 0 Å². The fourth-order valence-corrected chi connectivity index (χ4v) is 3.15. The summed E-state index contributed by atoms with van der Waals surface area (Å²) in [5, 5.41) is 9.20. The smallest absolute Gasteiger partial charge is 0.338 e. The Morgan fingerprint density at radius 2 is 1.03 bits per heavy atom. The zero-order valence-electron chi connectivity index (χ0n) is 20.4. The molecule has 0 unspecified atom stereocenters. The molecule has 1 aromatic rings. The number of phenolic OH excluding ortho intramolecular Hbond substituents is 1. The molecule has 0 heterocycles. The number of rotatable bonds is 23. The number of ether oxygens (including phenoxy) is 5. The molecule has 0 aliphatic heterocycles. The largest absolute Gasteiger partial charge is 0.508 e. The number of benzene rings is 1. The number of aromatic hydroxyl groups is 1. The van der Waals surface area contributed by atoms with Gasteiger partial charge in [0.2, 0.25) is 0 Å². The Kier molecular flexibility index (Phi) is 19.7. The van der Waals surface area contributed by atoms with E-state index in [-0.39, 0.29) is 12.4 Å². The predicted octanol–water partition coefficient (Wildman–Crippen LogP) is 5.15. The third-order valence-corrected chi connectivity index (χ3v) is 5.07. The van der Waals surface area contributed by atoms with Crippen molar-refractivity contribution in [2.75, 3.05) is 59.5 Å². The lowest BCUT2D eigenvalue weighted by molar-refractivity contribution is -0.00913. The number of esters is 1. The fourth-order valence-electron chi connectivity index (χ4n) is 3.15. The first-order valence-electron chi connectivity index (χ1n) is 12.5. The summed E-state index contributed by atoms with van der Waals surface area (Å²) in [6, 6.07) is 5.91. The molecule has 0 saturated heterocycles. The van der Waals surface area contributed by atoms with Crippen LogP contribution in [0.25, 0.3) is 0 Å². The molecule has 0 amide bonds. The van der Waals surface area contributed by atoms with Crippen molar-refractivity contribution in [3.8, 4) is 5.75 Å². The Hall–Kier alpha value is -1.67. The molecule has 7 nitrogen and oxygen atoms in total. The zero-order valence-corrected chi connectivity index (χ0v) is 20.4. The summed E-state index contributed by atoms with van der Waals surface area (Å²) in [7, 11) is 0. The molecular formula is C26H44O7. The Morgan fingerprint density at radius 1 is 0.606 bits per heavy atom. The summed E-state index contributed by atoms with van der Waals surface area (Å²) in [6.07, 6.45) is 11.9. The van der Waals surface area contributed by atoms with Gasteiger partial charge in [0.1, 0.15) is 12.4 Å². The van der Waals surface area contributed by atoms with Crippen molar-refractivity contribution < 1.29 is 33.6 Å². The van der Waals surface area contributed by atoms with Crippen molar-refractivity contribution in [1.82, 2.24) is 0 Å². The zero-order chi connectivity index (χ0) is 23.8. The number of hydrogen-bond acceptors (Lipinski definition) is 7. The van der Waals surface area contributed by atoms with Crippen LogP contribution < -0.4 is 0 Å². The van der Waals surface area contributed by atoms with Gasteiger partial charge in [0.15, 0.2) is 0 Å². The Labute approximate surface area is 199 Å². The van der Waals surface area contributed by atoms with Gasteiger partial charge in [-0.25, -0.2) is 4.79 Å². The molecule has 7 heteroatoms. The van der Waals surface area contributed by atoms with E-state index < -0.39 is 5.97 Å². The normalized spacial score (nSPS) is 11.1. The van der Waals surface area contributed by atoms with Crippen LogP contribution in [0, 0.1) is 0 Å². The minimum atomic E-state index is -0.441. The Balaban J connectivity index is 1.72. The maximum Gasteiger partial charge on any atom is 0.338 e. The number of hydrogen-bond donors (Lipinski definition) is 1. The second-order valence-corrected chi connectivity index (χ2v) is 7.96. The maximum atomic E-state index is 11.8. The maximum absolute atomic E-state index is 11.8. The summed E-state index contributed by atoms with van der Waals surface area (Å²) in [6.45, 7) is 6.70. The average molecular weight is 469 g/mol. The molecule has 0 aliphatic carbocycles. The molecule has 0 atom stereocenters. The first-order valence-corrected chi connectivity index (χ1v) is 12.5. The molecule has 0 radical (unpaired) electrons. The lowest BCUT2D eigenvalue weighted by Crippen LogP contribution is -2.14. The number of unbranched alkanes of at least 4 members (excludes halogenated alkanes) is 8. The van der Waals surface area contributed by atoms with Gasteiger partial charge in [-0.15, -0.1) is 0 Å². The van der Waals surface area contributed by atoms with E-state index in [0.29, 0.717) is 51.8 Å². The lowest BCUT2D eigenvalue weighted by Gasteiger charge is -2.08. The molecule has 0 spiro atoms. The summed E-state index contributed by atoms with van der Waals surface area (Å²) >= 11 is 0. The van der Waals surface area contributed by atoms with E-state index in [9.17, 15) is 9.90 Å². The number of phenols is 1. The van der Waals surface area contributed by atoms with Gasteiger partial charge >= 0.3 is 5.97 Å². The molecule has 0 fully saturated rings. The van der Waals surface area contributed by atoms with Crippen LogP contribution in [0.5, 0.6) is 5.75 Å². The molecule has 0 saturated carbocycles. The second-order valence-electron chi connectivity index (χ2n) is 7.96. The van der Waals surface area contributed by atoms with Gasteiger partial charge < -0.3 is 28.8 Å². The molecule has 1 N–H and O–H groups in total. The molecule has 33 heavy (non-hydrogen) atoms. The highest BCUT2D eigenvalue weighted by Crippen LogP contribution is 2.11. The lowest BCUT2D eigenvalue weighted by atomic mass is 10.1. The predicted molar refractivity (Wildman–Crippen MR) is 129 cm³/mol. The van der Waals surface area contributed by atoms with E-state index >= 15 is 0 Å². The van der Waals surface area contributed by atoms with Gasteiger partial charge in [0.25, 0.3) is 0 Å². The van der Waals surface area contributed by atoms with Gasteiger partial charge in [0.05, 0.1) is 51.8 Å². The highest BCUT2D eigenvalue weighted by atomic mass is 16.6. The van der Waals surface area contributed by atoms with Gasteiger partial charge in [-0.3, -0.25) is 0 Å². The van der Waals surface area contributed by atoms with Crippen molar-refractivity contribution in [1.29, 1.82) is 0 Å². The van der Waals surface area contributed by atoms with Crippen molar-refractivity contribution >= 4 is 5.97 Å². The van der Waals surface area contributed by atoms with Crippen LogP contribution in [0.4, 0.5) is 0 Å². The van der Waals surface area contributed by atoms with Crippen LogP contribution in [-0.4, -0.2) is 70.5 Å². The number of carbonyl (C=O) groups excluding carboxylic acids is 1. The SMILES string of the molecule is CCCCCCCCCCCOCCOCCOCCOCCOC(=O)c1ccc(O)cc1. The summed E-state index contributed by atoms with van der Waals surface area (Å²) in [5.74, 6) is -0.331. The summed E-state index contributed by atoms with van der Waals surface area (Å²) in [5.41, 5.74) is 0.394. The second kappa shape index (κ2) is 22.1. The van der Waals surface area contributed by atoms with Crippen molar-refractivity contribution in [3.05, 3.63) is 29.8 Å². The summed E-state index contributed by atoms with van der Waals surface area (Å²) < 4.78 is 27.0. The van der Waals surface area contributed by atoms with E-state index in [2.05, 4.69) is 6.92 Å². The van der Waals surface area contributed by atoms with Crippen LogP contribution in [0.2, 0.25) is 0 Å². The van der Waals surface area contributed by atoms with Gasteiger partial charge in [-0.05, 0) is 30.7 Å². The quantitative estimate of drug-likeness (QED) is 0.176. The molecule has 1 rings (SSSR count). The van der Waals surface area contributed by atoms with Crippen LogP contribution in [0.3, 0.4) is 0 Å². The van der Waals surface area contributed by atoms with Crippen molar-refractivity contribution in [3.63, 3.8) is 0 Å². The van der Waals surface area contributed by atoms with Gasteiger partial charge in [0, 0.05) is 6.61 Å². The van der Waals surface area contributed by atoms with E-state index in [4.69, 9.17) is 23.7 Å². The van der Waals surface area contributed by atoms with E-state index in [0.717, 1.165) is 13.0 Å². The highest BCUT2D eigenvalue weighted by molar-refractivity contribution is 5.89. The molecule has 0 aliphatic rings. The molecule has 0 aromatic heterocycles. The van der Waals surface area contributed by atoms with Gasteiger partial charge in [-0.1, -0.05) is 58.3 Å². The number of carbonyl (C=O) groups is 1. The third-order valence-electron chi connectivity index (χ3n) is 5.07. The topological polar surface area (TPSA) is 83.5 Å². The summed E-state index contributed by atoms with van der Waals surface area (Å²) in [4.78, 5) is 11.8. The van der Waals surface area contributed by atoms with Gasteiger partial charge in [-0.2, -0.15) is 0 Å². The molecule has 1 aromatic carbocycles. The first-order chi connectivity index (χ1) is 16.2. The molecule has 0 bridgehead atoms. The molecular weight excluding hydrogens is 424 g/mol. The monoisotopic (exact) mass is 468 g/mol. The van der Waals surface area contributed by atoms with Crippen LogP contribution in [0.15, 0.2) is 24.3 Å². The minimum Gasteiger partial charge on any atom is -0.508 e. The average Bonchev–Trinajstić information content (AvgIpc) is 2.82. The van der Waals surface area contributed by atoms with Crippen molar-refractivity contribution in [2.24, 2.45) is 0 Å². The first kappa shape index (κ1) is 29.4. The van der Waals surface area contributed by atoms with Crippen LogP contribution in [0.1, 0.15) is 75.1 Å². The molecule has 190 valence electrons. The standard InChI is InChI=1S/C26H44O7/c1-2-3-4-5-6-7-8-9-10-15-29-16-17-30-18-19-31-20-21-32-22-23-33-26(28)24-11-13-25(27)14-12-24/h11-14,27H,2-10,15-23H2,1H3. The minimum absolute atomic E-state index is 0.109. The Morgan fingerprint density at radius 3 is 1.55 bits per heavy atom. The Bertz CT molecular complexity index is 562. The van der Waals surface area contributed by atoms with Crippen molar-refractivity contribution in [2.45, 2.75) is 64.7 Å². The van der Waals surface area contributed by atoms with E-state index in [1.807, 2.05) is 0 Å². The fraction of sp³-hybridized carbons (Fsp3) is 0.731. The van der Waals surface area contributed by atoms with E-state index in [1.165, 1.54) is 75.6 Å². The van der Waals surface area contributed by atoms with Crippen LogP contribution in [-0.2, 0) is 23.7 Å².